The molecule has 2 aromatic carbocycles. The third-order valence-electron chi connectivity index (χ3n) is 3.73. The van der Waals surface area contributed by atoms with Crippen LogP contribution >= 0.6 is 27.7 Å². The first-order valence-electron chi connectivity index (χ1n) is 8.52. The van der Waals surface area contributed by atoms with Gasteiger partial charge in [-0.3, -0.25) is 4.79 Å². The maximum atomic E-state index is 12.1. The van der Waals surface area contributed by atoms with Crippen molar-refractivity contribution in [2.45, 2.75) is 24.0 Å². The van der Waals surface area contributed by atoms with Crippen LogP contribution in [0.2, 0.25) is 0 Å². The van der Waals surface area contributed by atoms with Crippen LogP contribution in [0.25, 0.3) is 0 Å². The Hall–Kier alpha value is -1.35. The van der Waals surface area contributed by atoms with Crippen molar-refractivity contribution in [1.82, 2.24) is 10.0 Å². The Morgan fingerprint density at radius 3 is 2.37 bits per heavy atom. The molecular weight excluding hydrogens is 448 g/mol. The van der Waals surface area contributed by atoms with E-state index in [1.807, 2.05) is 0 Å². The van der Waals surface area contributed by atoms with E-state index in [0.717, 1.165) is 16.0 Å². The van der Waals surface area contributed by atoms with Gasteiger partial charge in [-0.15, -0.1) is 0 Å². The number of hydrogen-bond acceptors (Lipinski definition) is 4. The number of thioether (sulfide) groups is 1. The Bertz CT molecular complexity index is 838. The van der Waals surface area contributed by atoms with Crippen molar-refractivity contribution in [2.24, 2.45) is 0 Å². The second-order valence-electron chi connectivity index (χ2n) is 5.99. The van der Waals surface area contributed by atoms with Gasteiger partial charge in [0.2, 0.25) is 15.9 Å². The van der Waals surface area contributed by atoms with Gasteiger partial charge in [-0.25, -0.2) is 13.1 Å². The summed E-state index contributed by atoms with van der Waals surface area (Å²) in [6.45, 7) is 2.70. The molecule has 0 saturated carbocycles. The molecule has 0 aliphatic carbocycles. The summed E-state index contributed by atoms with van der Waals surface area (Å²) < 4.78 is 27.5. The average Bonchev–Trinajstić information content (AvgIpc) is 2.63. The Labute approximate surface area is 173 Å². The highest BCUT2D eigenvalue weighted by atomic mass is 79.9. The Balaban J connectivity index is 1.60. The number of amides is 1. The largest absolute Gasteiger partial charge is 0.355 e. The number of rotatable bonds is 10. The average molecular weight is 471 g/mol. The molecule has 0 saturated heterocycles. The molecule has 0 atom stereocenters. The van der Waals surface area contributed by atoms with E-state index in [1.54, 1.807) is 23.9 Å². The zero-order chi connectivity index (χ0) is 19.7. The van der Waals surface area contributed by atoms with Crippen LogP contribution in [0.3, 0.4) is 0 Å². The lowest BCUT2D eigenvalue weighted by molar-refractivity contribution is -0.120. The van der Waals surface area contributed by atoms with Crippen molar-refractivity contribution in [2.75, 3.05) is 18.8 Å². The number of sulfonamides is 1. The van der Waals surface area contributed by atoms with Crippen LogP contribution in [0.15, 0.2) is 57.9 Å². The van der Waals surface area contributed by atoms with Gasteiger partial charge in [0.25, 0.3) is 0 Å². The van der Waals surface area contributed by atoms with Gasteiger partial charge in [-0.2, -0.15) is 11.8 Å². The predicted octanol–water partition coefficient (Wildman–Crippen LogP) is 3.48. The molecule has 0 spiro atoms. The zero-order valence-corrected chi connectivity index (χ0v) is 18.3. The van der Waals surface area contributed by atoms with Gasteiger partial charge in [0.1, 0.15) is 0 Å². The van der Waals surface area contributed by atoms with Crippen LogP contribution in [0.5, 0.6) is 0 Å². The molecule has 8 heteroatoms. The summed E-state index contributed by atoms with van der Waals surface area (Å²) in [6, 6.07) is 14.7. The molecule has 0 heterocycles. The van der Waals surface area contributed by atoms with Crippen LogP contribution in [0.1, 0.15) is 17.5 Å². The van der Waals surface area contributed by atoms with E-state index in [2.05, 4.69) is 57.2 Å². The molecule has 1 amide bonds. The minimum atomic E-state index is -3.59. The molecule has 5 nitrogen and oxygen atoms in total. The quantitative estimate of drug-likeness (QED) is 0.521. The smallest absolute Gasteiger partial charge is 0.240 e. The monoisotopic (exact) mass is 470 g/mol. The summed E-state index contributed by atoms with van der Waals surface area (Å²) in [7, 11) is -3.59. The van der Waals surface area contributed by atoms with Gasteiger partial charge in [-0.1, -0.05) is 45.8 Å². The van der Waals surface area contributed by atoms with E-state index < -0.39 is 10.0 Å². The van der Waals surface area contributed by atoms with Crippen molar-refractivity contribution in [3.05, 3.63) is 64.1 Å². The molecular formula is C19H23BrN2O3S2. The number of halogens is 1. The molecule has 0 unspecified atom stereocenters. The maximum absolute atomic E-state index is 12.1. The maximum Gasteiger partial charge on any atom is 0.240 e. The molecule has 0 radical (unpaired) electrons. The molecule has 0 aliphatic rings. The first-order valence-corrected chi connectivity index (χ1v) is 11.9. The third kappa shape index (κ3) is 8.04. The van der Waals surface area contributed by atoms with Gasteiger partial charge in [0.15, 0.2) is 0 Å². The minimum Gasteiger partial charge on any atom is -0.355 e. The van der Waals surface area contributed by atoms with Gasteiger partial charge in [0.05, 0.1) is 4.90 Å². The second kappa shape index (κ2) is 10.8. The highest BCUT2D eigenvalue weighted by Gasteiger charge is 2.13. The summed E-state index contributed by atoms with van der Waals surface area (Å²) in [5.41, 5.74) is 2.51. The van der Waals surface area contributed by atoms with E-state index in [1.165, 1.54) is 23.3 Å². The van der Waals surface area contributed by atoms with Gasteiger partial charge < -0.3 is 5.32 Å². The van der Waals surface area contributed by atoms with E-state index in [9.17, 15) is 13.2 Å². The summed E-state index contributed by atoms with van der Waals surface area (Å²) in [4.78, 5) is 12.0. The van der Waals surface area contributed by atoms with Crippen LogP contribution in [0, 0.1) is 6.92 Å². The Morgan fingerprint density at radius 1 is 1.04 bits per heavy atom. The summed E-state index contributed by atoms with van der Waals surface area (Å²) in [5, 5.41) is 2.81. The highest BCUT2D eigenvalue weighted by Crippen LogP contribution is 2.14. The molecule has 0 aromatic heterocycles. The lowest BCUT2D eigenvalue weighted by atomic mass is 10.2. The Morgan fingerprint density at radius 2 is 1.70 bits per heavy atom. The zero-order valence-electron chi connectivity index (χ0n) is 15.1. The number of hydrogen-bond donors (Lipinski definition) is 2. The second-order valence-corrected chi connectivity index (χ2v) is 9.78. The van der Waals surface area contributed by atoms with Crippen molar-refractivity contribution < 1.29 is 13.2 Å². The number of nitrogens with one attached hydrogen (secondary N) is 2. The van der Waals surface area contributed by atoms with E-state index in [-0.39, 0.29) is 23.8 Å². The van der Waals surface area contributed by atoms with Crippen molar-refractivity contribution >= 4 is 43.6 Å². The van der Waals surface area contributed by atoms with E-state index in [4.69, 9.17) is 0 Å². The molecule has 2 aromatic rings. The molecule has 2 N–H and O–H groups in total. The molecule has 0 aliphatic heterocycles. The fourth-order valence-electron chi connectivity index (χ4n) is 2.22. The number of aryl methyl sites for hydroxylation is 1. The fraction of sp³-hybridized carbons (Fsp3) is 0.316. The summed E-state index contributed by atoms with van der Waals surface area (Å²) >= 11 is 5.02. The topological polar surface area (TPSA) is 75.3 Å². The van der Waals surface area contributed by atoms with E-state index in [0.29, 0.717) is 6.54 Å². The first-order chi connectivity index (χ1) is 12.9. The SMILES string of the molecule is Cc1ccc(CSCCNC(=O)CCNS(=O)(=O)c2ccc(Br)cc2)cc1. The highest BCUT2D eigenvalue weighted by molar-refractivity contribution is 9.10. The normalized spacial score (nSPS) is 11.3. The predicted molar refractivity (Wildman–Crippen MR) is 114 cm³/mol. The van der Waals surface area contributed by atoms with Crippen LogP contribution in [-0.2, 0) is 20.6 Å². The molecule has 2 rings (SSSR count). The van der Waals surface area contributed by atoms with Crippen LogP contribution in [0.4, 0.5) is 0 Å². The molecule has 146 valence electrons. The third-order valence-corrected chi connectivity index (χ3v) is 6.76. The summed E-state index contributed by atoms with van der Waals surface area (Å²) in [6.07, 6.45) is 0.110. The molecule has 0 fully saturated rings. The van der Waals surface area contributed by atoms with Crippen molar-refractivity contribution in [1.29, 1.82) is 0 Å². The van der Waals surface area contributed by atoms with Crippen molar-refractivity contribution in [3.8, 4) is 0 Å². The molecule has 0 bridgehead atoms. The number of benzene rings is 2. The first kappa shape index (κ1) is 21.9. The standard InChI is InChI=1S/C19H23BrN2O3S2/c1-15-2-4-16(5-3-15)14-26-13-12-21-19(23)10-11-22-27(24,25)18-8-6-17(20)7-9-18/h2-9,22H,10-14H2,1H3,(H,21,23). The van der Waals surface area contributed by atoms with Gasteiger partial charge in [-0.05, 0) is 36.8 Å². The lowest BCUT2D eigenvalue weighted by Crippen LogP contribution is -2.31. The Kier molecular flexibility index (Phi) is 8.82. The summed E-state index contributed by atoms with van der Waals surface area (Å²) in [5.74, 6) is 1.55. The number of carbonyl (C=O) groups excluding carboxylic acids is 1. The van der Waals surface area contributed by atoms with E-state index >= 15 is 0 Å². The lowest BCUT2D eigenvalue weighted by Gasteiger charge is -2.08. The molecule has 27 heavy (non-hydrogen) atoms. The van der Waals surface area contributed by atoms with Gasteiger partial charge in [0, 0.05) is 35.5 Å². The van der Waals surface area contributed by atoms with Crippen LogP contribution in [-0.4, -0.2) is 33.2 Å². The van der Waals surface area contributed by atoms with Gasteiger partial charge >= 0.3 is 0 Å². The van der Waals surface area contributed by atoms with Crippen molar-refractivity contribution in [3.63, 3.8) is 0 Å². The fourth-order valence-corrected chi connectivity index (χ4v) is 4.34. The minimum absolute atomic E-state index is 0.0702. The van der Waals surface area contributed by atoms with Crippen LogP contribution < -0.4 is 10.0 Å². The number of carbonyl (C=O) groups is 1.